The van der Waals surface area contributed by atoms with Crippen LogP contribution in [0.3, 0.4) is 0 Å². The molecule has 0 N–H and O–H groups in total. The standard InChI is InChI=1S/C46H28N2OS/c1-2-10-34-29(9-1)17-24-39-35-11-3-6-14-41(35)48(46(34)39)31-20-18-30(19-21-31)47(32-23-26-45-40(27-32)38-13-5-8-16-44(38)50-45)33-22-25-37-36-12-4-7-15-42(36)49-43(37)28-33/h1-28H. The number of fused-ring (bicyclic) bond motifs is 11. The summed E-state index contributed by atoms with van der Waals surface area (Å²) in [5, 5.41) is 9.83. The largest absolute Gasteiger partial charge is 0.456 e. The number of para-hydroxylation sites is 2. The molecule has 3 heterocycles. The third-order valence-electron chi connectivity index (χ3n) is 10.2. The summed E-state index contributed by atoms with van der Waals surface area (Å²) in [6.07, 6.45) is 0. The van der Waals surface area contributed by atoms with E-state index in [4.69, 9.17) is 4.42 Å². The smallest absolute Gasteiger partial charge is 0.137 e. The van der Waals surface area contributed by atoms with E-state index in [1.54, 1.807) is 0 Å². The number of anilines is 3. The highest BCUT2D eigenvalue weighted by Crippen LogP contribution is 2.43. The molecule has 3 aromatic heterocycles. The quantitative estimate of drug-likeness (QED) is 0.188. The second-order valence-corrected chi connectivity index (χ2v) is 14.0. The van der Waals surface area contributed by atoms with Crippen LogP contribution in [0, 0.1) is 0 Å². The molecule has 0 spiro atoms. The second-order valence-electron chi connectivity index (χ2n) is 12.9. The topological polar surface area (TPSA) is 21.3 Å². The Morgan fingerprint density at radius 2 is 1.06 bits per heavy atom. The van der Waals surface area contributed by atoms with Crippen LogP contribution in [-0.4, -0.2) is 4.57 Å². The Morgan fingerprint density at radius 3 is 1.96 bits per heavy atom. The minimum atomic E-state index is 0.879. The van der Waals surface area contributed by atoms with Crippen LogP contribution in [0.4, 0.5) is 17.1 Å². The molecule has 0 saturated heterocycles. The summed E-state index contributed by atoms with van der Waals surface area (Å²) >= 11 is 1.84. The fraction of sp³-hybridized carbons (Fsp3) is 0. The van der Waals surface area contributed by atoms with Crippen molar-refractivity contribution in [1.82, 2.24) is 4.57 Å². The fourth-order valence-electron chi connectivity index (χ4n) is 7.90. The van der Waals surface area contributed by atoms with Crippen LogP contribution in [-0.2, 0) is 0 Å². The van der Waals surface area contributed by atoms with Gasteiger partial charge in [-0.1, -0.05) is 91.0 Å². The number of furan rings is 1. The molecule has 0 aliphatic rings. The van der Waals surface area contributed by atoms with Crippen molar-refractivity contribution in [3.63, 3.8) is 0 Å². The lowest BCUT2D eigenvalue weighted by Gasteiger charge is -2.26. The Hall–Kier alpha value is -6.36. The van der Waals surface area contributed by atoms with Gasteiger partial charge in [0.25, 0.3) is 0 Å². The van der Waals surface area contributed by atoms with E-state index in [1.165, 1.54) is 52.8 Å². The molecule has 0 amide bonds. The number of hydrogen-bond donors (Lipinski definition) is 0. The van der Waals surface area contributed by atoms with Gasteiger partial charge in [-0.3, -0.25) is 0 Å². The van der Waals surface area contributed by atoms with Crippen molar-refractivity contribution < 1.29 is 4.42 Å². The first-order valence-electron chi connectivity index (χ1n) is 16.9. The number of benzene rings is 8. The number of hydrogen-bond acceptors (Lipinski definition) is 3. The summed E-state index contributed by atoms with van der Waals surface area (Å²) in [6.45, 7) is 0. The van der Waals surface area contributed by atoms with Crippen molar-refractivity contribution in [3.05, 3.63) is 170 Å². The van der Waals surface area contributed by atoms with Gasteiger partial charge in [0, 0.05) is 75.9 Å². The van der Waals surface area contributed by atoms with E-state index in [9.17, 15) is 0 Å². The third kappa shape index (κ3) is 4.03. The van der Waals surface area contributed by atoms with Crippen molar-refractivity contribution in [2.24, 2.45) is 0 Å². The second kappa shape index (κ2) is 10.6. The minimum absolute atomic E-state index is 0.879. The highest BCUT2D eigenvalue weighted by molar-refractivity contribution is 7.25. The lowest BCUT2D eigenvalue weighted by molar-refractivity contribution is 0.669. The van der Waals surface area contributed by atoms with E-state index >= 15 is 0 Å². The maximum Gasteiger partial charge on any atom is 0.137 e. The van der Waals surface area contributed by atoms with Gasteiger partial charge in [0.15, 0.2) is 0 Å². The van der Waals surface area contributed by atoms with Gasteiger partial charge in [0.2, 0.25) is 0 Å². The molecule has 0 atom stereocenters. The molecule has 11 aromatic rings. The Balaban J connectivity index is 1.12. The normalized spacial score (nSPS) is 12.0. The molecular formula is C46H28N2OS. The van der Waals surface area contributed by atoms with E-state index in [0.717, 1.165) is 44.7 Å². The molecule has 234 valence electrons. The van der Waals surface area contributed by atoms with Crippen LogP contribution in [0.15, 0.2) is 174 Å². The highest BCUT2D eigenvalue weighted by Gasteiger charge is 2.19. The van der Waals surface area contributed by atoms with Crippen LogP contribution < -0.4 is 4.90 Å². The average molecular weight is 657 g/mol. The number of nitrogens with zero attached hydrogens (tertiary/aromatic N) is 2. The lowest BCUT2D eigenvalue weighted by Crippen LogP contribution is -2.10. The van der Waals surface area contributed by atoms with Gasteiger partial charge < -0.3 is 13.9 Å². The fourth-order valence-corrected chi connectivity index (χ4v) is 8.99. The molecule has 0 fully saturated rings. The van der Waals surface area contributed by atoms with Gasteiger partial charge >= 0.3 is 0 Å². The molecule has 3 nitrogen and oxygen atoms in total. The zero-order valence-corrected chi connectivity index (χ0v) is 27.7. The Kier molecular flexibility index (Phi) is 5.83. The maximum absolute atomic E-state index is 6.39. The molecule has 0 aliphatic heterocycles. The van der Waals surface area contributed by atoms with Crippen molar-refractivity contribution in [2.75, 3.05) is 4.90 Å². The molecule has 0 unspecified atom stereocenters. The van der Waals surface area contributed by atoms with Crippen LogP contribution in [0.5, 0.6) is 0 Å². The van der Waals surface area contributed by atoms with Crippen molar-refractivity contribution in [3.8, 4) is 5.69 Å². The SMILES string of the molecule is c1ccc2c(c1)ccc1c3ccccc3n(-c3ccc(N(c4ccc5c(c4)oc4ccccc45)c4ccc5sc6ccccc6c5c4)cc3)c21. The van der Waals surface area contributed by atoms with E-state index in [-0.39, 0.29) is 0 Å². The predicted octanol–water partition coefficient (Wildman–Crippen LogP) is 13.7. The van der Waals surface area contributed by atoms with Crippen molar-refractivity contribution in [1.29, 1.82) is 0 Å². The molecule has 0 aliphatic carbocycles. The van der Waals surface area contributed by atoms with Gasteiger partial charge in [-0.25, -0.2) is 0 Å². The number of rotatable bonds is 4. The Bertz CT molecular complexity index is 3110. The zero-order chi connectivity index (χ0) is 32.8. The maximum atomic E-state index is 6.39. The van der Waals surface area contributed by atoms with E-state index in [1.807, 2.05) is 23.5 Å². The molecule has 0 saturated carbocycles. The summed E-state index contributed by atoms with van der Waals surface area (Å²) in [5.41, 5.74) is 8.58. The molecule has 0 bridgehead atoms. The molecule has 4 heteroatoms. The Labute approximate surface area is 291 Å². The minimum Gasteiger partial charge on any atom is -0.456 e. The Morgan fingerprint density at radius 1 is 0.420 bits per heavy atom. The molecular weight excluding hydrogens is 629 g/mol. The summed E-state index contributed by atoms with van der Waals surface area (Å²) < 4.78 is 11.4. The molecule has 50 heavy (non-hydrogen) atoms. The van der Waals surface area contributed by atoms with Crippen LogP contribution in [0.1, 0.15) is 0 Å². The van der Waals surface area contributed by atoms with Crippen LogP contribution in [0.2, 0.25) is 0 Å². The monoisotopic (exact) mass is 656 g/mol. The zero-order valence-electron chi connectivity index (χ0n) is 26.9. The first kappa shape index (κ1) is 27.6. The number of thiophene rings is 1. The van der Waals surface area contributed by atoms with Gasteiger partial charge in [-0.2, -0.15) is 0 Å². The molecule has 11 rings (SSSR count). The first-order chi connectivity index (χ1) is 24.8. The van der Waals surface area contributed by atoms with Crippen LogP contribution >= 0.6 is 11.3 Å². The van der Waals surface area contributed by atoms with Crippen molar-refractivity contribution in [2.45, 2.75) is 0 Å². The average Bonchev–Trinajstić information content (AvgIpc) is 3.84. The number of aromatic nitrogens is 1. The lowest BCUT2D eigenvalue weighted by atomic mass is 10.1. The molecule has 0 radical (unpaired) electrons. The van der Waals surface area contributed by atoms with Gasteiger partial charge in [0.1, 0.15) is 11.2 Å². The first-order valence-corrected chi connectivity index (χ1v) is 17.7. The summed E-state index contributed by atoms with van der Waals surface area (Å²) in [7, 11) is 0. The van der Waals surface area contributed by atoms with E-state index in [2.05, 4.69) is 167 Å². The van der Waals surface area contributed by atoms with E-state index < -0.39 is 0 Å². The van der Waals surface area contributed by atoms with Crippen molar-refractivity contribution >= 4 is 103 Å². The summed E-state index contributed by atoms with van der Waals surface area (Å²) in [4.78, 5) is 2.35. The summed E-state index contributed by atoms with van der Waals surface area (Å²) in [5.74, 6) is 0. The van der Waals surface area contributed by atoms with Crippen LogP contribution in [0.25, 0.3) is 80.4 Å². The molecule has 8 aromatic carbocycles. The predicted molar refractivity (Wildman–Crippen MR) is 213 cm³/mol. The van der Waals surface area contributed by atoms with Gasteiger partial charge in [-0.15, -0.1) is 11.3 Å². The van der Waals surface area contributed by atoms with E-state index in [0.29, 0.717) is 0 Å². The van der Waals surface area contributed by atoms with Gasteiger partial charge in [-0.05, 0) is 78.2 Å². The highest BCUT2D eigenvalue weighted by atomic mass is 32.1. The summed E-state index contributed by atoms with van der Waals surface area (Å²) in [6, 6.07) is 61.3. The van der Waals surface area contributed by atoms with Gasteiger partial charge in [0.05, 0.1) is 11.0 Å². The third-order valence-corrected chi connectivity index (χ3v) is 11.3.